The summed E-state index contributed by atoms with van der Waals surface area (Å²) in [6.45, 7) is 3.96. The normalized spacial score (nSPS) is 12.0. The molecule has 0 fully saturated rings. The summed E-state index contributed by atoms with van der Waals surface area (Å²) in [5, 5.41) is 2.81. The number of nitrogens with zero attached hydrogens (tertiary/aromatic N) is 2. The molecule has 0 bridgehead atoms. The van der Waals surface area contributed by atoms with Crippen LogP contribution in [0.4, 0.5) is 5.69 Å². The van der Waals surface area contributed by atoms with E-state index in [1.165, 1.54) is 17.0 Å². The Kier molecular flexibility index (Phi) is 10.5. The Hall–Kier alpha value is -2.92. The van der Waals surface area contributed by atoms with E-state index in [2.05, 4.69) is 27.9 Å². The summed E-state index contributed by atoms with van der Waals surface area (Å²) in [4.78, 5) is 28.3. The second kappa shape index (κ2) is 13.6. The van der Waals surface area contributed by atoms with Gasteiger partial charge in [-0.3, -0.25) is 13.9 Å². The molecule has 3 aromatic carbocycles. The smallest absolute Gasteiger partial charge is 0.264 e. The van der Waals surface area contributed by atoms with Crippen LogP contribution < -0.4 is 9.62 Å². The lowest BCUT2D eigenvalue weighted by molar-refractivity contribution is -0.139. The molecule has 0 heterocycles. The maximum atomic E-state index is 13.8. The fraction of sp³-hybridized carbons (Fsp3) is 0.286. The molecule has 3 rings (SSSR count). The molecule has 2 amide bonds. The van der Waals surface area contributed by atoms with Crippen LogP contribution in [0.2, 0.25) is 0 Å². The van der Waals surface area contributed by atoms with Crippen LogP contribution in [0, 0.1) is 3.57 Å². The highest BCUT2D eigenvalue weighted by Gasteiger charge is 2.33. The van der Waals surface area contributed by atoms with E-state index in [4.69, 9.17) is 0 Å². The van der Waals surface area contributed by atoms with Gasteiger partial charge in [-0.25, -0.2) is 8.42 Å². The van der Waals surface area contributed by atoms with Crippen molar-refractivity contribution in [3.8, 4) is 0 Å². The van der Waals surface area contributed by atoms with Crippen molar-refractivity contribution in [2.45, 2.75) is 37.6 Å². The number of nitrogens with one attached hydrogen (secondary N) is 1. The van der Waals surface area contributed by atoms with Gasteiger partial charge in [0.05, 0.1) is 10.6 Å². The molecule has 0 aliphatic rings. The first-order valence-electron chi connectivity index (χ1n) is 12.2. The predicted octanol–water partition coefficient (Wildman–Crippen LogP) is 4.47. The van der Waals surface area contributed by atoms with Gasteiger partial charge in [0.15, 0.2) is 0 Å². The first kappa shape index (κ1) is 28.6. The zero-order valence-corrected chi connectivity index (χ0v) is 24.0. The van der Waals surface area contributed by atoms with Crippen molar-refractivity contribution in [2.75, 3.05) is 23.9 Å². The summed E-state index contributed by atoms with van der Waals surface area (Å²) >= 11 is 2.15. The molecule has 1 atom stereocenters. The van der Waals surface area contributed by atoms with Gasteiger partial charge in [0.1, 0.15) is 12.6 Å². The maximum absolute atomic E-state index is 13.8. The number of benzene rings is 3. The van der Waals surface area contributed by atoms with Crippen LogP contribution in [0.5, 0.6) is 0 Å². The van der Waals surface area contributed by atoms with Crippen LogP contribution in [0.25, 0.3) is 0 Å². The Morgan fingerprint density at radius 1 is 0.892 bits per heavy atom. The highest BCUT2D eigenvalue weighted by Crippen LogP contribution is 2.25. The van der Waals surface area contributed by atoms with Gasteiger partial charge < -0.3 is 10.2 Å². The topological polar surface area (TPSA) is 86.8 Å². The van der Waals surface area contributed by atoms with Crippen LogP contribution in [0.15, 0.2) is 89.8 Å². The van der Waals surface area contributed by atoms with E-state index in [1.807, 2.05) is 44.2 Å². The number of carbonyl (C=O) groups excluding carboxylic acids is 2. The molecule has 3 aromatic rings. The molecule has 0 aliphatic carbocycles. The standard InChI is InChI=1S/C28H32IN3O4S/c1-3-26(28(34)30-4-2)31(20-19-22-11-7-5-8-12-22)27(33)21-32(24-17-15-23(29)16-18-24)37(35,36)25-13-9-6-10-14-25/h5-18,26H,3-4,19-21H2,1-2H3,(H,30,34)/t26-/m1/s1. The monoisotopic (exact) mass is 633 g/mol. The van der Waals surface area contributed by atoms with E-state index >= 15 is 0 Å². The van der Waals surface area contributed by atoms with Gasteiger partial charge in [-0.2, -0.15) is 0 Å². The number of anilines is 1. The van der Waals surface area contributed by atoms with Crippen molar-refractivity contribution in [3.05, 3.63) is 94.1 Å². The number of rotatable bonds is 12. The molecule has 0 saturated heterocycles. The van der Waals surface area contributed by atoms with Crippen LogP contribution >= 0.6 is 22.6 Å². The highest BCUT2D eigenvalue weighted by molar-refractivity contribution is 14.1. The Morgan fingerprint density at radius 2 is 1.49 bits per heavy atom. The molecule has 0 aromatic heterocycles. The third kappa shape index (κ3) is 7.54. The lowest BCUT2D eigenvalue weighted by Gasteiger charge is -2.33. The van der Waals surface area contributed by atoms with Crippen molar-refractivity contribution < 1.29 is 18.0 Å². The average molecular weight is 634 g/mol. The van der Waals surface area contributed by atoms with Crippen LogP contribution in [0.1, 0.15) is 25.8 Å². The van der Waals surface area contributed by atoms with Crippen molar-refractivity contribution in [3.63, 3.8) is 0 Å². The molecular weight excluding hydrogens is 601 g/mol. The van der Waals surface area contributed by atoms with Gasteiger partial charge in [0.2, 0.25) is 11.8 Å². The van der Waals surface area contributed by atoms with Gasteiger partial charge in [0, 0.05) is 16.7 Å². The van der Waals surface area contributed by atoms with E-state index in [0.29, 0.717) is 25.1 Å². The van der Waals surface area contributed by atoms with Crippen molar-refractivity contribution >= 4 is 50.1 Å². The minimum atomic E-state index is -4.04. The van der Waals surface area contributed by atoms with Gasteiger partial charge in [-0.1, -0.05) is 55.5 Å². The van der Waals surface area contributed by atoms with Crippen LogP contribution in [-0.2, 0) is 26.0 Å². The number of hydrogen-bond donors (Lipinski definition) is 1. The molecule has 0 saturated carbocycles. The molecular formula is C28H32IN3O4S. The summed E-state index contributed by atoms with van der Waals surface area (Å²) in [6.07, 6.45) is 0.943. The van der Waals surface area contributed by atoms with E-state index in [1.54, 1.807) is 42.5 Å². The van der Waals surface area contributed by atoms with E-state index in [0.717, 1.165) is 13.4 Å². The number of hydrogen-bond acceptors (Lipinski definition) is 4. The van der Waals surface area contributed by atoms with Gasteiger partial charge >= 0.3 is 0 Å². The van der Waals surface area contributed by atoms with E-state index < -0.39 is 28.5 Å². The third-order valence-electron chi connectivity index (χ3n) is 5.95. The fourth-order valence-electron chi connectivity index (χ4n) is 4.04. The molecule has 1 N–H and O–H groups in total. The molecule has 37 heavy (non-hydrogen) atoms. The SMILES string of the molecule is CCNC(=O)[C@@H](CC)N(CCc1ccccc1)C(=O)CN(c1ccc(I)cc1)S(=O)(=O)c1ccccc1. The number of amides is 2. The Bertz CT molecular complexity index is 1270. The van der Waals surface area contributed by atoms with E-state index in [-0.39, 0.29) is 17.3 Å². The van der Waals surface area contributed by atoms with Crippen LogP contribution in [0.3, 0.4) is 0 Å². The number of carbonyl (C=O) groups is 2. The minimum Gasteiger partial charge on any atom is -0.355 e. The minimum absolute atomic E-state index is 0.0907. The zero-order chi connectivity index (χ0) is 26.8. The summed E-state index contributed by atoms with van der Waals surface area (Å²) < 4.78 is 29.5. The van der Waals surface area contributed by atoms with Crippen LogP contribution in [-0.4, -0.2) is 50.8 Å². The maximum Gasteiger partial charge on any atom is 0.264 e. The van der Waals surface area contributed by atoms with E-state index in [9.17, 15) is 18.0 Å². The van der Waals surface area contributed by atoms with Gasteiger partial charge in [-0.15, -0.1) is 0 Å². The van der Waals surface area contributed by atoms with Gasteiger partial charge in [-0.05, 0) is 84.3 Å². The Balaban J connectivity index is 1.98. The molecule has 7 nitrogen and oxygen atoms in total. The predicted molar refractivity (Wildman–Crippen MR) is 155 cm³/mol. The third-order valence-corrected chi connectivity index (χ3v) is 8.45. The van der Waals surface area contributed by atoms with Gasteiger partial charge in [0.25, 0.3) is 10.0 Å². The van der Waals surface area contributed by atoms with Crippen molar-refractivity contribution in [1.82, 2.24) is 10.2 Å². The quantitative estimate of drug-likeness (QED) is 0.299. The molecule has 0 unspecified atom stereocenters. The molecule has 0 spiro atoms. The lowest BCUT2D eigenvalue weighted by atomic mass is 10.1. The highest BCUT2D eigenvalue weighted by atomic mass is 127. The second-order valence-corrected chi connectivity index (χ2v) is 11.6. The average Bonchev–Trinajstić information content (AvgIpc) is 2.91. The molecule has 0 radical (unpaired) electrons. The lowest BCUT2D eigenvalue weighted by Crippen LogP contribution is -2.53. The molecule has 196 valence electrons. The second-order valence-electron chi connectivity index (χ2n) is 8.44. The first-order valence-corrected chi connectivity index (χ1v) is 14.7. The number of sulfonamides is 1. The summed E-state index contributed by atoms with van der Waals surface area (Å²) in [5.41, 5.74) is 1.41. The number of halogens is 1. The Labute approximate surface area is 233 Å². The summed E-state index contributed by atoms with van der Waals surface area (Å²) in [5.74, 6) is -0.690. The van der Waals surface area contributed by atoms with Crippen molar-refractivity contribution in [2.24, 2.45) is 0 Å². The fourth-order valence-corrected chi connectivity index (χ4v) is 5.84. The molecule has 0 aliphatic heterocycles. The number of likely N-dealkylation sites (N-methyl/N-ethyl adjacent to an activating group) is 1. The van der Waals surface area contributed by atoms with Crippen molar-refractivity contribution in [1.29, 1.82) is 0 Å². The first-order chi connectivity index (χ1) is 17.8. The Morgan fingerprint density at radius 3 is 2.05 bits per heavy atom. The molecule has 9 heteroatoms. The zero-order valence-electron chi connectivity index (χ0n) is 21.0. The summed E-state index contributed by atoms with van der Waals surface area (Å²) in [7, 11) is -4.04. The summed E-state index contributed by atoms with van der Waals surface area (Å²) in [6, 6.07) is 24.0. The largest absolute Gasteiger partial charge is 0.355 e.